The summed E-state index contributed by atoms with van der Waals surface area (Å²) in [5.41, 5.74) is 3.16. The van der Waals surface area contributed by atoms with Crippen LogP contribution in [-0.4, -0.2) is 15.0 Å². The van der Waals surface area contributed by atoms with Crippen molar-refractivity contribution in [3.8, 4) is 0 Å². The van der Waals surface area contributed by atoms with Gasteiger partial charge in [0.25, 0.3) is 0 Å². The van der Waals surface area contributed by atoms with Crippen molar-refractivity contribution in [1.29, 1.82) is 0 Å². The number of hydrogen-bond donors (Lipinski definition) is 1. The van der Waals surface area contributed by atoms with Crippen LogP contribution in [0.5, 0.6) is 0 Å². The van der Waals surface area contributed by atoms with Crippen LogP contribution in [0.15, 0.2) is 36.9 Å². The number of aryl methyl sites for hydroxylation is 1. The highest BCUT2D eigenvalue weighted by atomic mass is 14.9. The summed E-state index contributed by atoms with van der Waals surface area (Å²) >= 11 is 0. The van der Waals surface area contributed by atoms with Gasteiger partial charge in [-0.2, -0.15) is 0 Å². The minimum Gasteiger partial charge on any atom is -0.305 e. The average molecular weight is 228 g/mol. The van der Waals surface area contributed by atoms with E-state index in [4.69, 9.17) is 0 Å². The summed E-state index contributed by atoms with van der Waals surface area (Å²) in [6.45, 7) is 4.84. The van der Waals surface area contributed by atoms with E-state index in [2.05, 4.69) is 33.3 Å². The molecule has 0 bridgehead atoms. The van der Waals surface area contributed by atoms with Crippen LogP contribution < -0.4 is 5.32 Å². The quantitative estimate of drug-likeness (QED) is 0.870. The molecule has 1 N–H and O–H groups in total. The fourth-order valence-electron chi connectivity index (χ4n) is 1.51. The van der Waals surface area contributed by atoms with Crippen molar-refractivity contribution in [2.24, 2.45) is 0 Å². The van der Waals surface area contributed by atoms with Crippen LogP contribution in [0.1, 0.15) is 29.9 Å². The first kappa shape index (κ1) is 11.7. The molecule has 1 atom stereocenters. The lowest BCUT2D eigenvalue weighted by Crippen LogP contribution is -2.19. The molecule has 0 aromatic carbocycles. The summed E-state index contributed by atoms with van der Waals surface area (Å²) in [5.74, 6) is 0. The van der Waals surface area contributed by atoms with Crippen LogP contribution in [0.25, 0.3) is 0 Å². The van der Waals surface area contributed by atoms with Crippen LogP contribution in [0.2, 0.25) is 0 Å². The maximum Gasteiger partial charge on any atom is 0.0753 e. The molecule has 0 spiro atoms. The standard InChI is InChI=1S/C13H16N4/c1-10-3-4-12(7-16-10)8-17-11(2)13-9-14-5-6-15-13/h3-7,9,11,17H,8H2,1-2H3. The van der Waals surface area contributed by atoms with Crippen molar-refractivity contribution in [2.75, 3.05) is 0 Å². The number of nitrogens with zero attached hydrogens (tertiary/aromatic N) is 3. The Balaban J connectivity index is 1.92. The molecule has 88 valence electrons. The summed E-state index contributed by atoms with van der Waals surface area (Å²) in [7, 11) is 0. The average Bonchev–Trinajstić information content (AvgIpc) is 2.39. The van der Waals surface area contributed by atoms with Crippen LogP contribution in [0.4, 0.5) is 0 Å². The van der Waals surface area contributed by atoms with Crippen molar-refractivity contribution in [3.05, 3.63) is 53.9 Å². The van der Waals surface area contributed by atoms with Gasteiger partial charge in [-0.1, -0.05) is 6.07 Å². The Morgan fingerprint density at radius 3 is 2.71 bits per heavy atom. The fourth-order valence-corrected chi connectivity index (χ4v) is 1.51. The van der Waals surface area contributed by atoms with E-state index in [9.17, 15) is 0 Å². The third-order valence-electron chi connectivity index (χ3n) is 2.61. The number of rotatable bonds is 4. The second kappa shape index (κ2) is 5.50. The van der Waals surface area contributed by atoms with Gasteiger partial charge in [0.1, 0.15) is 0 Å². The van der Waals surface area contributed by atoms with Gasteiger partial charge in [0.05, 0.1) is 5.69 Å². The zero-order chi connectivity index (χ0) is 12.1. The molecule has 4 heteroatoms. The van der Waals surface area contributed by atoms with Gasteiger partial charge < -0.3 is 5.32 Å². The first-order chi connectivity index (χ1) is 8.25. The molecule has 0 aliphatic carbocycles. The highest BCUT2D eigenvalue weighted by Crippen LogP contribution is 2.08. The third-order valence-corrected chi connectivity index (χ3v) is 2.61. The lowest BCUT2D eigenvalue weighted by atomic mass is 10.2. The number of nitrogens with one attached hydrogen (secondary N) is 1. The van der Waals surface area contributed by atoms with Gasteiger partial charge in [0, 0.05) is 43.1 Å². The third kappa shape index (κ3) is 3.32. The summed E-state index contributed by atoms with van der Waals surface area (Å²) in [5, 5.41) is 3.39. The van der Waals surface area contributed by atoms with Gasteiger partial charge in [0.2, 0.25) is 0 Å². The largest absolute Gasteiger partial charge is 0.305 e. The van der Waals surface area contributed by atoms with Crippen LogP contribution in [0.3, 0.4) is 0 Å². The maximum atomic E-state index is 4.26. The van der Waals surface area contributed by atoms with Crippen molar-refractivity contribution in [3.63, 3.8) is 0 Å². The Morgan fingerprint density at radius 2 is 2.06 bits per heavy atom. The lowest BCUT2D eigenvalue weighted by Gasteiger charge is -2.12. The van der Waals surface area contributed by atoms with Gasteiger partial charge in [-0.25, -0.2) is 0 Å². The van der Waals surface area contributed by atoms with Crippen LogP contribution in [-0.2, 0) is 6.54 Å². The van der Waals surface area contributed by atoms with E-state index in [-0.39, 0.29) is 6.04 Å². The first-order valence-electron chi connectivity index (χ1n) is 5.66. The highest BCUT2D eigenvalue weighted by molar-refractivity contribution is 5.13. The molecular formula is C13H16N4. The predicted octanol–water partition coefficient (Wildman–Crippen LogP) is 2.03. The molecule has 2 heterocycles. The van der Waals surface area contributed by atoms with Gasteiger partial charge in [-0.15, -0.1) is 0 Å². The van der Waals surface area contributed by atoms with E-state index >= 15 is 0 Å². The van der Waals surface area contributed by atoms with Gasteiger partial charge in [0.15, 0.2) is 0 Å². The lowest BCUT2D eigenvalue weighted by molar-refractivity contribution is 0.558. The van der Waals surface area contributed by atoms with Gasteiger partial charge in [-0.05, 0) is 25.5 Å². The van der Waals surface area contributed by atoms with Crippen LogP contribution in [0, 0.1) is 6.92 Å². The molecule has 2 aromatic heterocycles. The predicted molar refractivity (Wildman–Crippen MR) is 66.3 cm³/mol. The van der Waals surface area contributed by atoms with Crippen molar-refractivity contribution in [1.82, 2.24) is 20.3 Å². The second-order valence-corrected chi connectivity index (χ2v) is 4.04. The van der Waals surface area contributed by atoms with Crippen LogP contribution >= 0.6 is 0 Å². The molecule has 0 aliphatic heterocycles. The monoisotopic (exact) mass is 228 g/mol. The molecular weight excluding hydrogens is 212 g/mol. The topological polar surface area (TPSA) is 50.7 Å². The normalized spacial score (nSPS) is 12.4. The van der Waals surface area contributed by atoms with Gasteiger partial charge >= 0.3 is 0 Å². The fraction of sp³-hybridized carbons (Fsp3) is 0.308. The Morgan fingerprint density at radius 1 is 1.18 bits per heavy atom. The Hall–Kier alpha value is -1.81. The molecule has 17 heavy (non-hydrogen) atoms. The van der Waals surface area contributed by atoms with E-state index in [0.717, 1.165) is 17.9 Å². The minimum absolute atomic E-state index is 0.185. The summed E-state index contributed by atoms with van der Waals surface area (Å²) in [4.78, 5) is 12.6. The Labute approximate surface area is 101 Å². The molecule has 2 rings (SSSR count). The second-order valence-electron chi connectivity index (χ2n) is 4.04. The Bertz CT molecular complexity index is 453. The van der Waals surface area contributed by atoms with E-state index in [1.54, 1.807) is 18.6 Å². The molecule has 0 aliphatic rings. The van der Waals surface area contributed by atoms with E-state index in [1.807, 2.05) is 19.2 Å². The van der Waals surface area contributed by atoms with Crippen molar-refractivity contribution >= 4 is 0 Å². The number of aromatic nitrogens is 3. The summed E-state index contributed by atoms with van der Waals surface area (Å²) in [6, 6.07) is 4.29. The van der Waals surface area contributed by atoms with E-state index < -0.39 is 0 Å². The molecule has 0 fully saturated rings. The minimum atomic E-state index is 0.185. The SMILES string of the molecule is Cc1ccc(CNC(C)c2cnccn2)cn1. The van der Waals surface area contributed by atoms with E-state index in [0.29, 0.717) is 0 Å². The molecule has 0 radical (unpaired) electrons. The van der Waals surface area contributed by atoms with E-state index in [1.165, 1.54) is 5.56 Å². The highest BCUT2D eigenvalue weighted by Gasteiger charge is 2.05. The Kier molecular flexibility index (Phi) is 3.77. The molecule has 2 aromatic rings. The zero-order valence-electron chi connectivity index (χ0n) is 10.1. The molecule has 4 nitrogen and oxygen atoms in total. The van der Waals surface area contributed by atoms with Crippen molar-refractivity contribution < 1.29 is 0 Å². The molecule has 0 saturated carbocycles. The first-order valence-corrected chi connectivity index (χ1v) is 5.66. The smallest absolute Gasteiger partial charge is 0.0753 e. The summed E-state index contributed by atoms with van der Waals surface area (Å²) in [6.07, 6.45) is 7.07. The molecule has 0 amide bonds. The molecule has 0 saturated heterocycles. The van der Waals surface area contributed by atoms with Crippen molar-refractivity contribution in [2.45, 2.75) is 26.4 Å². The maximum absolute atomic E-state index is 4.26. The number of pyridine rings is 1. The van der Waals surface area contributed by atoms with Gasteiger partial charge in [-0.3, -0.25) is 15.0 Å². The summed E-state index contributed by atoms with van der Waals surface area (Å²) < 4.78 is 0. The number of hydrogen-bond acceptors (Lipinski definition) is 4. The zero-order valence-corrected chi connectivity index (χ0v) is 10.1. The molecule has 1 unspecified atom stereocenters.